The van der Waals surface area contributed by atoms with Crippen molar-refractivity contribution in [1.82, 2.24) is 0 Å². The lowest BCUT2D eigenvalue weighted by molar-refractivity contribution is -0.142. The highest BCUT2D eigenvalue weighted by atomic mass is 32.2. The van der Waals surface area contributed by atoms with Crippen molar-refractivity contribution in [1.29, 1.82) is 5.26 Å². The van der Waals surface area contributed by atoms with E-state index >= 15 is 0 Å². The Hall–Kier alpha value is -2.00. The number of ether oxygens (including phenoxy) is 1. The maximum absolute atomic E-state index is 11.6. The average Bonchev–Trinajstić information content (AvgIpc) is 2.38. The molecular weight excluding hydrogens is 276 g/mol. The second-order valence-electron chi connectivity index (χ2n) is 4.17. The van der Waals surface area contributed by atoms with Gasteiger partial charge in [0, 0.05) is 5.69 Å². The largest absolute Gasteiger partial charge is 0.447 e. The van der Waals surface area contributed by atoms with E-state index in [-0.39, 0.29) is 17.4 Å². The van der Waals surface area contributed by atoms with E-state index in [2.05, 4.69) is 5.32 Å². The predicted molar refractivity (Wildman–Crippen MR) is 78.3 cm³/mol. The number of amides is 1. The molecule has 0 radical (unpaired) electrons. The molecule has 5 nitrogen and oxygen atoms in total. The van der Waals surface area contributed by atoms with E-state index in [9.17, 15) is 9.59 Å². The Morgan fingerprint density at radius 1 is 1.45 bits per heavy atom. The Morgan fingerprint density at radius 3 is 2.85 bits per heavy atom. The molecule has 1 aromatic rings. The molecule has 0 saturated carbocycles. The van der Waals surface area contributed by atoms with E-state index in [0.29, 0.717) is 0 Å². The lowest BCUT2D eigenvalue weighted by Gasteiger charge is -2.07. The fourth-order valence-corrected chi connectivity index (χ4v) is 2.00. The van der Waals surface area contributed by atoms with Gasteiger partial charge in [-0.3, -0.25) is 9.59 Å². The fraction of sp³-hybridized carbons (Fsp3) is 0.357. The fourth-order valence-electron chi connectivity index (χ4n) is 1.40. The van der Waals surface area contributed by atoms with E-state index in [1.165, 1.54) is 6.92 Å². The Labute approximate surface area is 122 Å². The third kappa shape index (κ3) is 6.25. The van der Waals surface area contributed by atoms with Gasteiger partial charge in [-0.25, -0.2) is 0 Å². The molecule has 20 heavy (non-hydrogen) atoms. The second-order valence-corrected chi connectivity index (χ2v) is 5.16. The molecule has 0 aromatic heterocycles. The summed E-state index contributed by atoms with van der Waals surface area (Å²) in [7, 11) is 0. The lowest BCUT2D eigenvalue weighted by Crippen LogP contribution is -2.18. The highest BCUT2D eigenvalue weighted by Gasteiger charge is 2.10. The molecule has 6 heteroatoms. The van der Waals surface area contributed by atoms with Crippen LogP contribution in [-0.4, -0.2) is 29.5 Å². The van der Waals surface area contributed by atoms with Crippen molar-refractivity contribution in [2.45, 2.75) is 20.0 Å². The molecule has 0 spiro atoms. The van der Waals surface area contributed by atoms with Gasteiger partial charge in [-0.15, -0.1) is 11.8 Å². The summed E-state index contributed by atoms with van der Waals surface area (Å²) in [4.78, 5) is 22.9. The molecule has 0 aliphatic heterocycles. The Bertz CT molecular complexity index is 525. The van der Waals surface area contributed by atoms with Crippen LogP contribution in [0.25, 0.3) is 0 Å². The summed E-state index contributed by atoms with van der Waals surface area (Å²) < 4.78 is 4.76. The quantitative estimate of drug-likeness (QED) is 0.812. The maximum Gasteiger partial charge on any atom is 0.317 e. The Balaban J connectivity index is 2.27. The Morgan fingerprint density at radius 2 is 2.20 bits per heavy atom. The van der Waals surface area contributed by atoms with Gasteiger partial charge in [0.15, 0.2) is 6.10 Å². The number of anilines is 1. The van der Waals surface area contributed by atoms with Crippen LogP contribution < -0.4 is 5.32 Å². The van der Waals surface area contributed by atoms with Gasteiger partial charge in [-0.2, -0.15) is 5.26 Å². The molecule has 0 fully saturated rings. The standard InChI is InChI=1S/C14H16N2O3S/c1-10-4-3-5-12(6-10)16-13(17)8-20-9-14(18)19-11(2)7-15/h3-6,11H,8-9H2,1-2H3,(H,16,17)/t11-/m0/s1. The van der Waals surface area contributed by atoms with E-state index in [1.807, 2.05) is 25.1 Å². The number of carbonyl (C=O) groups is 2. The van der Waals surface area contributed by atoms with Crippen LogP contribution in [0.1, 0.15) is 12.5 Å². The van der Waals surface area contributed by atoms with Crippen LogP contribution in [0.2, 0.25) is 0 Å². The zero-order valence-corrected chi connectivity index (χ0v) is 12.2. The minimum Gasteiger partial charge on any atom is -0.447 e. The normalized spacial score (nSPS) is 11.2. The minimum absolute atomic E-state index is 0.0489. The van der Waals surface area contributed by atoms with E-state index in [4.69, 9.17) is 10.00 Å². The zero-order valence-electron chi connectivity index (χ0n) is 11.4. The number of benzene rings is 1. The van der Waals surface area contributed by atoms with Gasteiger partial charge in [0.05, 0.1) is 11.5 Å². The Kier molecular flexibility index (Phi) is 6.60. The number of esters is 1. The molecule has 106 valence electrons. The summed E-state index contributed by atoms with van der Waals surface area (Å²) >= 11 is 1.15. The summed E-state index contributed by atoms with van der Waals surface area (Å²) in [6.45, 7) is 3.43. The van der Waals surface area contributed by atoms with Gasteiger partial charge in [0.2, 0.25) is 5.91 Å². The molecule has 0 aliphatic rings. The van der Waals surface area contributed by atoms with Gasteiger partial charge in [0.1, 0.15) is 6.07 Å². The van der Waals surface area contributed by atoms with Crippen LogP contribution in [0.4, 0.5) is 5.69 Å². The summed E-state index contributed by atoms with van der Waals surface area (Å²) in [5.41, 5.74) is 1.79. The first kappa shape index (κ1) is 16.1. The zero-order chi connectivity index (χ0) is 15.0. The van der Waals surface area contributed by atoms with Gasteiger partial charge in [-0.1, -0.05) is 12.1 Å². The van der Waals surface area contributed by atoms with Crippen LogP contribution in [-0.2, 0) is 14.3 Å². The number of hydrogen-bond acceptors (Lipinski definition) is 5. The summed E-state index contributed by atoms with van der Waals surface area (Å²) in [5.74, 6) is -0.467. The van der Waals surface area contributed by atoms with Crippen LogP contribution in [0.3, 0.4) is 0 Å². The summed E-state index contributed by atoms with van der Waals surface area (Å²) in [6, 6.07) is 9.27. The smallest absolute Gasteiger partial charge is 0.317 e. The van der Waals surface area contributed by atoms with E-state index in [0.717, 1.165) is 23.0 Å². The van der Waals surface area contributed by atoms with Crippen molar-refractivity contribution in [2.75, 3.05) is 16.8 Å². The molecular formula is C14H16N2O3S. The van der Waals surface area contributed by atoms with Crippen molar-refractivity contribution in [3.63, 3.8) is 0 Å². The topological polar surface area (TPSA) is 79.2 Å². The predicted octanol–water partition coefficient (Wildman–Crippen LogP) is 2.12. The van der Waals surface area contributed by atoms with Crippen molar-refractivity contribution in [2.24, 2.45) is 0 Å². The van der Waals surface area contributed by atoms with Crippen molar-refractivity contribution in [3.8, 4) is 6.07 Å². The highest BCUT2D eigenvalue weighted by molar-refractivity contribution is 8.00. The third-order valence-corrected chi connectivity index (χ3v) is 3.15. The van der Waals surface area contributed by atoms with Gasteiger partial charge in [-0.05, 0) is 31.5 Å². The first-order chi connectivity index (χ1) is 9.51. The van der Waals surface area contributed by atoms with Crippen LogP contribution in [0.5, 0.6) is 0 Å². The lowest BCUT2D eigenvalue weighted by atomic mass is 10.2. The number of thioether (sulfide) groups is 1. The first-order valence-corrected chi connectivity index (χ1v) is 7.20. The number of carbonyl (C=O) groups excluding carboxylic acids is 2. The second kappa shape index (κ2) is 8.23. The van der Waals surface area contributed by atoms with Crippen LogP contribution in [0, 0.1) is 18.3 Å². The van der Waals surface area contributed by atoms with Crippen LogP contribution in [0.15, 0.2) is 24.3 Å². The number of aryl methyl sites for hydroxylation is 1. The molecule has 0 heterocycles. The molecule has 0 aliphatic carbocycles. The molecule has 1 atom stereocenters. The average molecular weight is 292 g/mol. The van der Waals surface area contributed by atoms with E-state index < -0.39 is 12.1 Å². The van der Waals surface area contributed by atoms with Crippen molar-refractivity contribution >= 4 is 29.3 Å². The molecule has 1 aromatic carbocycles. The molecule has 0 saturated heterocycles. The van der Waals surface area contributed by atoms with Gasteiger partial charge >= 0.3 is 5.97 Å². The van der Waals surface area contributed by atoms with Gasteiger partial charge in [0.25, 0.3) is 0 Å². The van der Waals surface area contributed by atoms with Crippen molar-refractivity contribution < 1.29 is 14.3 Å². The van der Waals surface area contributed by atoms with Gasteiger partial charge < -0.3 is 10.1 Å². The molecule has 0 unspecified atom stereocenters. The number of hydrogen-bond donors (Lipinski definition) is 1. The SMILES string of the molecule is Cc1cccc(NC(=O)CSCC(=O)O[C@@H](C)C#N)c1. The summed E-state index contributed by atoms with van der Waals surface area (Å²) in [5, 5.41) is 11.2. The number of rotatable bonds is 6. The minimum atomic E-state index is -0.760. The monoisotopic (exact) mass is 292 g/mol. The first-order valence-electron chi connectivity index (χ1n) is 6.04. The maximum atomic E-state index is 11.6. The molecule has 1 amide bonds. The third-order valence-electron chi connectivity index (χ3n) is 2.24. The molecule has 1 N–H and O–H groups in total. The molecule has 0 bridgehead atoms. The highest BCUT2D eigenvalue weighted by Crippen LogP contribution is 2.10. The van der Waals surface area contributed by atoms with Crippen LogP contribution >= 0.6 is 11.8 Å². The number of nitriles is 1. The number of nitrogens with zero attached hydrogens (tertiary/aromatic N) is 1. The molecule has 1 rings (SSSR count). The van der Waals surface area contributed by atoms with E-state index in [1.54, 1.807) is 12.1 Å². The number of nitrogens with one attached hydrogen (secondary N) is 1. The summed E-state index contributed by atoms with van der Waals surface area (Å²) in [6.07, 6.45) is -0.760. The van der Waals surface area contributed by atoms with Crippen molar-refractivity contribution in [3.05, 3.63) is 29.8 Å².